The molecule has 1 aromatic carbocycles. The molecule has 0 unspecified atom stereocenters. The summed E-state index contributed by atoms with van der Waals surface area (Å²) in [6.45, 7) is 1.81. The molecule has 4 heteroatoms. The second-order valence-electron chi connectivity index (χ2n) is 4.70. The van der Waals surface area contributed by atoms with Gasteiger partial charge in [-0.1, -0.05) is 5.16 Å². The van der Waals surface area contributed by atoms with Gasteiger partial charge in [0.2, 0.25) is 0 Å². The summed E-state index contributed by atoms with van der Waals surface area (Å²) in [5.41, 5.74) is 0.925. The first-order valence-electron chi connectivity index (χ1n) is 6.39. The molecule has 1 aromatic heterocycles. The van der Waals surface area contributed by atoms with E-state index in [2.05, 4.69) is 10.1 Å². The lowest BCUT2D eigenvalue weighted by Crippen LogP contribution is -2.10. The Bertz CT molecular complexity index is 513. The summed E-state index contributed by atoms with van der Waals surface area (Å²) in [4.78, 5) is 4.20. The summed E-state index contributed by atoms with van der Waals surface area (Å²) in [5.74, 6) is 2.12. The van der Waals surface area contributed by atoms with Crippen LogP contribution in [0.1, 0.15) is 31.5 Å². The molecular formula is C14H16N2O2. The third-order valence-corrected chi connectivity index (χ3v) is 3.23. The summed E-state index contributed by atoms with van der Waals surface area (Å²) in [6, 6.07) is 7.84. The van der Waals surface area contributed by atoms with Crippen molar-refractivity contribution < 1.29 is 9.26 Å². The zero-order chi connectivity index (χ0) is 12.4. The number of rotatable bonds is 3. The molecule has 2 aromatic rings. The van der Waals surface area contributed by atoms with Crippen molar-refractivity contribution >= 4 is 0 Å². The summed E-state index contributed by atoms with van der Waals surface area (Å²) < 4.78 is 11.0. The molecule has 0 radical (unpaired) electrons. The van der Waals surface area contributed by atoms with Crippen LogP contribution in [0, 0.1) is 6.92 Å². The van der Waals surface area contributed by atoms with Gasteiger partial charge < -0.3 is 9.26 Å². The predicted molar refractivity (Wildman–Crippen MR) is 67.4 cm³/mol. The summed E-state index contributed by atoms with van der Waals surface area (Å²) in [7, 11) is 0. The summed E-state index contributed by atoms with van der Waals surface area (Å²) in [5, 5.41) is 3.78. The van der Waals surface area contributed by atoms with E-state index in [-0.39, 0.29) is 0 Å². The molecule has 1 heterocycles. The largest absolute Gasteiger partial charge is 0.490 e. The van der Waals surface area contributed by atoms with E-state index in [1.807, 2.05) is 31.2 Å². The molecule has 0 atom stereocenters. The van der Waals surface area contributed by atoms with E-state index in [4.69, 9.17) is 9.26 Å². The van der Waals surface area contributed by atoms with Gasteiger partial charge in [0, 0.05) is 5.56 Å². The summed E-state index contributed by atoms with van der Waals surface area (Å²) >= 11 is 0. The van der Waals surface area contributed by atoms with Crippen LogP contribution in [0.2, 0.25) is 0 Å². The molecular weight excluding hydrogens is 228 g/mol. The van der Waals surface area contributed by atoms with Gasteiger partial charge in [0.15, 0.2) is 5.82 Å². The molecule has 0 saturated heterocycles. The lowest BCUT2D eigenvalue weighted by atomic mass is 10.2. The number of hydrogen-bond acceptors (Lipinski definition) is 4. The van der Waals surface area contributed by atoms with Crippen molar-refractivity contribution in [3.05, 3.63) is 30.1 Å². The third-order valence-electron chi connectivity index (χ3n) is 3.23. The fraction of sp³-hybridized carbons (Fsp3) is 0.429. The number of nitrogens with zero attached hydrogens (tertiary/aromatic N) is 2. The Morgan fingerprint density at radius 1 is 1.17 bits per heavy atom. The molecule has 94 valence electrons. The topological polar surface area (TPSA) is 48.2 Å². The van der Waals surface area contributed by atoms with Gasteiger partial charge in [0.05, 0.1) is 6.10 Å². The van der Waals surface area contributed by atoms with E-state index in [9.17, 15) is 0 Å². The fourth-order valence-corrected chi connectivity index (χ4v) is 2.29. The Balaban J connectivity index is 1.72. The second-order valence-corrected chi connectivity index (χ2v) is 4.70. The zero-order valence-electron chi connectivity index (χ0n) is 10.4. The van der Waals surface area contributed by atoms with Crippen molar-refractivity contribution in [3.8, 4) is 17.2 Å². The second kappa shape index (κ2) is 4.80. The van der Waals surface area contributed by atoms with Crippen molar-refractivity contribution in [2.45, 2.75) is 38.7 Å². The van der Waals surface area contributed by atoms with Gasteiger partial charge in [-0.3, -0.25) is 0 Å². The minimum Gasteiger partial charge on any atom is -0.490 e. The van der Waals surface area contributed by atoms with E-state index >= 15 is 0 Å². The van der Waals surface area contributed by atoms with Gasteiger partial charge in [0.1, 0.15) is 5.75 Å². The lowest BCUT2D eigenvalue weighted by Gasteiger charge is -2.12. The molecule has 1 saturated carbocycles. The van der Waals surface area contributed by atoms with E-state index in [1.165, 1.54) is 25.7 Å². The Morgan fingerprint density at radius 2 is 1.89 bits per heavy atom. The molecule has 1 aliphatic carbocycles. The molecule has 0 spiro atoms. The smallest absolute Gasteiger partial charge is 0.257 e. The number of aryl methyl sites for hydroxylation is 1. The monoisotopic (exact) mass is 244 g/mol. The average molecular weight is 244 g/mol. The Labute approximate surface area is 106 Å². The number of hydrogen-bond donors (Lipinski definition) is 0. The highest BCUT2D eigenvalue weighted by Crippen LogP contribution is 2.26. The first-order valence-corrected chi connectivity index (χ1v) is 6.39. The van der Waals surface area contributed by atoms with Crippen LogP contribution in [0.4, 0.5) is 0 Å². The average Bonchev–Trinajstić information content (AvgIpc) is 3.02. The highest BCUT2D eigenvalue weighted by molar-refractivity contribution is 5.54. The molecule has 4 nitrogen and oxygen atoms in total. The molecule has 0 N–H and O–H groups in total. The fourth-order valence-electron chi connectivity index (χ4n) is 2.29. The minimum absolute atomic E-state index is 0.390. The lowest BCUT2D eigenvalue weighted by molar-refractivity contribution is 0.210. The van der Waals surface area contributed by atoms with Gasteiger partial charge in [-0.15, -0.1) is 0 Å². The van der Waals surface area contributed by atoms with Gasteiger partial charge in [0.25, 0.3) is 5.89 Å². The van der Waals surface area contributed by atoms with Crippen molar-refractivity contribution in [2.24, 2.45) is 0 Å². The van der Waals surface area contributed by atoms with E-state index in [0.29, 0.717) is 17.8 Å². The number of benzene rings is 1. The molecule has 1 fully saturated rings. The van der Waals surface area contributed by atoms with Crippen LogP contribution in [0.3, 0.4) is 0 Å². The Morgan fingerprint density at radius 3 is 2.50 bits per heavy atom. The van der Waals surface area contributed by atoms with Gasteiger partial charge in [-0.2, -0.15) is 4.98 Å². The van der Waals surface area contributed by atoms with Crippen LogP contribution in [-0.4, -0.2) is 16.2 Å². The van der Waals surface area contributed by atoms with Crippen LogP contribution < -0.4 is 4.74 Å². The van der Waals surface area contributed by atoms with Crippen LogP contribution >= 0.6 is 0 Å². The maximum Gasteiger partial charge on any atom is 0.257 e. The number of aromatic nitrogens is 2. The van der Waals surface area contributed by atoms with Gasteiger partial charge in [-0.25, -0.2) is 0 Å². The standard InChI is InChI=1S/C14H16N2O2/c1-10-15-14(18-16-10)11-6-8-13(9-7-11)17-12-4-2-3-5-12/h6-9,12H,2-5H2,1H3. The predicted octanol–water partition coefficient (Wildman–Crippen LogP) is 3.37. The number of ether oxygens (including phenoxy) is 1. The maximum absolute atomic E-state index is 5.90. The SMILES string of the molecule is Cc1noc(-c2ccc(OC3CCCC3)cc2)n1. The molecule has 0 bridgehead atoms. The van der Waals surface area contributed by atoms with Crippen LogP contribution in [0.25, 0.3) is 11.5 Å². The molecule has 18 heavy (non-hydrogen) atoms. The highest BCUT2D eigenvalue weighted by Gasteiger charge is 2.16. The molecule has 0 amide bonds. The Hall–Kier alpha value is -1.84. The van der Waals surface area contributed by atoms with Gasteiger partial charge >= 0.3 is 0 Å². The van der Waals surface area contributed by atoms with Crippen molar-refractivity contribution in [3.63, 3.8) is 0 Å². The van der Waals surface area contributed by atoms with Gasteiger partial charge in [-0.05, 0) is 56.9 Å². The van der Waals surface area contributed by atoms with Crippen LogP contribution in [0.15, 0.2) is 28.8 Å². The normalized spacial score (nSPS) is 16.1. The molecule has 0 aliphatic heterocycles. The van der Waals surface area contributed by atoms with Crippen molar-refractivity contribution in [1.29, 1.82) is 0 Å². The molecule has 1 aliphatic rings. The van der Waals surface area contributed by atoms with Crippen LogP contribution in [-0.2, 0) is 0 Å². The van der Waals surface area contributed by atoms with E-state index in [0.717, 1.165) is 11.3 Å². The minimum atomic E-state index is 0.390. The quantitative estimate of drug-likeness (QED) is 0.830. The first kappa shape index (κ1) is 11.3. The maximum atomic E-state index is 5.90. The van der Waals surface area contributed by atoms with Crippen LogP contribution in [0.5, 0.6) is 5.75 Å². The highest BCUT2D eigenvalue weighted by atomic mass is 16.5. The van der Waals surface area contributed by atoms with Crippen molar-refractivity contribution in [1.82, 2.24) is 10.1 Å². The molecule has 3 rings (SSSR count). The van der Waals surface area contributed by atoms with Crippen molar-refractivity contribution in [2.75, 3.05) is 0 Å². The third kappa shape index (κ3) is 2.37. The summed E-state index contributed by atoms with van der Waals surface area (Å²) in [6.07, 6.45) is 5.30. The van der Waals surface area contributed by atoms with E-state index in [1.54, 1.807) is 0 Å². The zero-order valence-corrected chi connectivity index (χ0v) is 10.4. The first-order chi connectivity index (χ1) is 8.81. The Kier molecular flexibility index (Phi) is 3.00. The van der Waals surface area contributed by atoms with E-state index < -0.39 is 0 Å².